The number of rotatable bonds is 4. The smallest absolute Gasteiger partial charge is 0.380 e. The van der Waals surface area contributed by atoms with Gasteiger partial charge in [-0.2, -0.15) is 13.2 Å². The summed E-state index contributed by atoms with van der Waals surface area (Å²) in [4.78, 5) is 13.8. The minimum atomic E-state index is -4.51. The molecule has 0 unspecified atom stereocenters. The van der Waals surface area contributed by atoms with Crippen LogP contribution in [-0.4, -0.2) is 36.3 Å². The van der Waals surface area contributed by atoms with Crippen LogP contribution in [0.3, 0.4) is 0 Å². The van der Waals surface area contributed by atoms with Crippen LogP contribution in [0.2, 0.25) is 5.15 Å². The van der Waals surface area contributed by atoms with Gasteiger partial charge in [-0.05, 0) is 30.7 Å². The van der Waals surface area contributed by atoms with E-state index in [-0.39, 0.29) is 18.9 Å². The van der Waals surface area contributed by atoms with Gasteiger partial charge in [-0.15, -0.1) is 10.2 Å². The number of H-pyrrole nitrogens is 1. The number of fused-ring (bicyclic) bond motifs is 2. The minimum Gasteiger partial charge on any atom is -0.380 e. The van der Waals surface area contributed by atoms with Crippen molar-refractivity contribution < 1.29 is 13.2 Å². The lowest BCUT2D eigenvalue weighted by atomic mass is 10.2. The second-order valence-corrected chi connectivity index (χ2v) is 7.99. The highest BCUT2D eigenvalue weighted by Gasteiger charge is 2.39. The molecule has 0 saturated heterocycles. The molecule has 12 heteroatoms. The van der Waals surface area contributed by atoms with Crippen LogP contribution >= 0.6 is 11.6 Å². The third-order valence-electron chi connectivity index (χ3n) is 5.32. The number of anilines is 2. The molecule has 2 N–H and O–H groups in total. The van der Waals surface area contributed by atoms with E-state index in [1.54, 1.807) is 6.20 Å². The van der Waals surface area contributed by atoms with E-state index in [9.17, 15) is 13.2 Å². The lowest BCUT2D eigenvalue weighted by Gasteiger charge is -2.29. The molecule has 166 valence electrons. The summed E-state index contributed by atoms with van der Waals surface area (Å²) >= 11 is 6.07. The van der Waals surface area contributed by atoms with Crippen molar-refractivity contribution in [3.05, 3.63) is 58.5 Å². The zero-order valence-electron chi connectivity index (χ0n) is 16.9. The van der Waals surface area contributed by atoms with Crippen molar-refractivity contribution in [2.75, 3.05) is 16.8 Å². The molecule has 5 rings (SSSR count). The van der Waals surface area contributed by atoms with Crippen molar-refractivity contribution in [3.63, 3.8) is 0 Å². The van der Waals surface area contributed by atoms with Crippen LogP contribution < -0.4 is 10.2 Å². The molecular weight excluding hydrogens is 445 g/mol. The van der Waals surface area contributed by atoms with Gasteiger partial charge in [0.05, 0.1) is 6.54 Å². The van der Waals surface area contributed by atoms with Gasteiger partial charge in [-0.3, -0.25) is 0 Å². The summed E-state index contributed by atoms with van der Waals surface area (Å²) in [7, 11) is 0. The molecule has 1 aliphatic heterocycles. The van der Waals surface area contributed by atoms with E-state index in [0.29, 0.717) is 24.1 Å². The molecule has 0 aromatic carbocycles. The standard InChI is InChI=1S/C20H18ClF3N8/c1-11-6-14(13-7-15(21)28-18(13)27-11)25-8-12-2-3-16(26-9-12)31-4-5-32-17(10-31)29-30-19(32)20(22,23)24/h2-3,6-7,9H,4-5,8,10H2,1H3,(H2,25,27,28). The van der Waals surface area contributed by atoms with E-state index in [1.165, 1.54) is 0 Å². The van der Waals surface area contributed by atoms with Gasteiger partial charge in [0, 0.05) is 42.6 Å². The Bertz CT molecular complexity index is 1280. The first kappa shape index (κ1) is 20.6. The van der Waals surface area contributed by atoms with E-state index in [4.69, 9.17) is 11.6 Å². The Hall–Kier alpha value is -3.34. The predicted molar refractivity (Wildman–Crippen MR) is 113 cm³/mol. The maximum atomic E-state index is 13.0. The van der Waals surface area contributed by atoms with Crippen molar-refractivity contribution >= 4 is 34.1 Å². The molecule has 0 aliphatic carbocycles. The number of nitrogens with zero attached hydrogens (tertiary/aromatic N) is 6. The van der Waals surface area contributed by atoms with Crippen molar-refractivity contribution in [2.45, 2.75) is 32.7 Å². The summed E-state index contributed by atoms with van der Waals surface area (Å²) in [6.07, 6.45) is -2.76. The van der Waals surface area contributed by atoms with Gasteiger partial charge < -0.3 is 19.8 Å². The Morgan fingerprint density at radius 3 is 2.78 bits per heavy atom. The number of halogens is 4. The maximum absolute atomic E-state index is 13.0. The summed E-state index contributed by atoms with van der Waals surface area (Å²) < 4.78 is 40.2. The molecule has 0 bridgehead atoms. The number of aromatic nitrogens is 6. The van der Waals surface area contributed by atoms with Crippen molar-refractivity contribution in [3.8, 4) is 0 Å². The third-order valence-corrected chi connectivity index (χ3v) is 5.52. The van der Waals surface area contributed by atoms with Crippen LogP contribution in [0.5, 0.6) is 0 Å². The molecule has 4 aromatic rings. The van der Waals surface area contributed by atoms with Crippen LogP contribution in [-0.2, 0) is 25.8 Å². The van der Waals surface area contributed by atoms with Crippen molar-refractivity contribution in [1.29, 1.82) is 0 Å². The number of hydrogen-bond acceptors (Lipinski definition) is 6. The molecule has 0 atom stereocenters. The third kappa shape index (κ3) is 3.83. The average Bonchev–Trinajstić information content (AvgIpc) is 3.34. The Labute approximate surface area is 185 Å². The second kappa shape index (κ2) is 7.66. The second-order valence-electron chi connectivity index (χ2n) is 7.58. The van der Waals surface area contributed by atoms with Crippen molar-refractivity contribution in [1.82, 2.24) is 29.7 Å². The lowest BCUT2D eigenvalue weighted by Crippen LogP contribution is -2.35. The highest BCUT2D eigenvalue weighted by atomic mass is 35.5. The van der Waals surface area contributed by atoms with Crippen LogP contribution in [0.15, 0.2) is 30.5 Å². The lowest BCUT2D eigenvalue weighted by molar-refractivity contribution is -0.147. The topological polar surface area (TPSA) is 87.5 Å². The fourth-order valence-corrected chi connectivity index (χ4v) is 4.01. The molecule has 0 amide bonds. The molecule has 0 spiro atoms. The molecule has 0 saturated carbocycles. The summed E-state index contributed by atoms with van der Waals surface area (Å²) in [5.41, 5.74) is 3.45. The van der Waals surface area contributed by atoms with E-state index in [1.807, 2.05) is 36.1 Å². The van der Waals surface area contributed by atoms with Gasteiger partial charge in [-0.1, -0.05) is 17.7 Å². The molecule has 4 aromatic heterocycles. The van der Waals surface area contributed by atoms with Gasteiger partial charge in [0.1, 0.15) is 16.6 Å². The number of nitrogens with one attached hydrogen (secondary N) is 2. The van der Waals surface area contributed by atoms with E-state index < -0.39 is 12.0 Å². The maximum Gasteiger partial charge on any atom is 0.451 e. The van der Waals surface area contributed by atoms with E-state index >= 15 is 0 Å². The molecule has 1 aliphatic rings. The summed E-state index contributed by atoms with van der Waals surface area (Å²) in [6, 6.07) is 7.57. The number of hydrogen-bond donors (Lipinski definition) is 2. The first-order chi connectivity index (χ1) is 15.3. The van der Waals surface area contributed by atoms with Gasteiger partial charge in [0.15, 0.2) is 5.82 Å². The SMILES string of the molecule is Cc1cc(NCc2ccc(N3CCn4c(nnc4C(F)(F)F)C3)nc2)c2cc(Cl)[nH]c2n1. The summed E-state index contributed by atoms with van der Waals surface area (Å²) in [6.45, 7) is 3.21. The zero-order chi connectivity index (χ0) is 22.5. The molecule has 8 nitrogen and oxygen atoms in total. The molecular formula is C20H18ClF3N8. The first-order valence-corrected chi connectivity index (χ1v) is 10.2. The highest BCUT2D eigenvalue weighted by Crippen LogP contribution is 2.30. The predicted octanol–water partition coefficient (Wildman–Crippen LogP) is 4.16. The van der Waals surface area contributed by atoms with Gasteiger partial charge in [0.2, 0.25) is 5.82 Å². The number of aromatic amines is 1. The van der Waals surface area contributed by atoms with E-state index in [2.05, 4.69) is 30.5 Å². The Kier molecular flexibility index (Phi) is 4.92. The van der Waals surface area contributed by atoms with Gasteiger partial charge >= 0.3 is 6.18 Å². The fourth-order valence-electron chi connectivity index (χ4n) is 3.82. The minimum absolute atomic E-state index is 0.152. The van der Waals surface area contributed by atoms with Crippen LogP contribution in [0, 0.1) is 6.92 Å². The Balaban J connectivity index is 1.28. The van der Waals surface area contributed by atoms with Crippen LogP contribution in [0.25, 0.3) is 11.0 Å². The quantitative estimate of drug-likeness (QED) is 0.473. The molecule has 0 fully saturated rings. The van der Waals surface area contributed by atoms with Gasteiger partial charge in [-0.25, -0.2) is 9.97 Å². The van der Waals surface area contributed by atoms with Crippen LogP contribution in [0.4, 0.5) is 24.7 Å². The number of pyridine rings is 2. The van der Waals surface area contributed by atoms with Gasteiger partial charge in [0.25, 0.3) is 0 Å². The summed E-state index contributed by atoms with van der Waals surface area (Å²) in [5.74, 6) is 0.000161. The molecule has 0 radical (unpaired) electrons. The molecule has 32 heavy (non-hydrogen) atoms. The normalized spacial score (nSPS) is 14.1. The fraction of sp³-hybridized carbons (Fsp3) is 0.300. The monoisotopic (exact) mass is 462 g/mol. The summed E-state index contributed by atoms with van der Waals surface area (Å²) in [5, 5.41) is 11.8. The average molecular weight is 463 g/mol. The van der Waals surface area contributed by atoms with Crippen LogP contribution in [0.1, 0.15) is 22.9 Å². The zero-order valence-corrected chi connectivity index (χ0v) is 17.7. The molecule has 5 heterocycles. The van der Waals surface area contributed by atoms with Crippen molar-refractivity contribution in [2.24, 2.45) is 0 Å². The Morgan fingerprint density at radius 1 is 1.19 bits per heavy atom. The first-order valence-electron chi connectivity index (χ1n) is 9.87. The number of alkyl halides is 3. The largest absolute Gasteiger partial charge is 0.451 e. The number of aryl methyl sites for hydroxylation is 1. The Morgan fingerprint density at radius 2 is 2.03 bits per heavy atom. The van der Waals surface area contributed by atoms with E-state index in [0.717, 1.165) is 32.5 Å². The highest BCUT2D eigenvalue weighted by molar-refractivity contribution is 6.30.